The third-order valence-electron chi connectivity index (χ3n) is 2.33. The number of hydrogen-bond donors (Lipinski definition) is 1. The summed E-state index contributed by atoms with van der Waals surface area (Å²) in [6.45, 7) is 1.91. The van der Waals surface area contributed by atoms with Gasteiger partial charge < -0.3 is 0 Å². The molecule has 0 atom stereocenters. The zero-order chi connectivity index (χ0) is 13.8. The Balaban J connectivity index is 2.57. The Morgan fingerprint density at radius 3 is 2.56 bits per heavy atom. The SMILES string of the molecule is CCC(=O)N(C)NCc1ccc(C(F)(F)F)cn1. The molecular weight excluding hydrogens is 247 g/mol. The molecule has 0 fully saturated rings. The van der Waals surface area contributed by atoms with E-state index in [9.17, 15) is 18.0 Å². The molecule has 0 bridgehead atoms. The van der Waals surface area contributed by atoms with E-state index in [4.69, 9.17) is 0 Å². The minimum atomic E-state index is -4.38. The number of hydrazine groups is 1. The third kappa shape index (κ3) is 3.99. The van der Waals surface area contributed by atoms with Gasteiger partial charge in [-0.3, -0.25) is 14.8 Å². The lowest BCUT2D eigenvalue weighted by Crippen LogP contribution is -2.38. The number of hydrogen-bond acceptors (Lipinski definition) is 3. The standard InChI is InChI=1S/C11H14F3N3O/c1-3-10(18)17(2)16-7-9-5-4-8(6-15-9)11(12,13)14/h4-6,16H,3,7H2,1-2H3. The van der Waals surface area contributed by atoms with E-state index in [0.29, 0.717) is 12.1 Å². The Kier molecular flexibility index (Phi) is 4.66. The summed E-state index contributed by atoms with van der Waals surface area (Å²) in [6.07, 6.45) is -3.25. The lowest BCUT2D eigenvalue weighted by Gasteiger charge is -2.17. The number of carbonyl (C=O) groups excluding carboxylic acids is 1. The number of alkyl halides is 3. The molecule has 7 heteroatoms. The van der Waals surface area contributed by atoms with E-state index in [1.165, 1.54) is 11.1 Å². The molecule has 1 aromatic rings. The zero-order valence-corrected chi connectivity index (χ0v) is 10.1. The van der Waals surface area contributed by atoms with Crippen LogP contribution in [0.25, 0.3) is 0 Å². The van der Waals surface area contributed by atoms with Crippen molar-refractivity contribution in [2.45, 2.75) is 26.1 Å². The van der Waals surface area contributed by atoms with Gasteiger partial charge >= 0.3 is 6.18 Å². The van der Waals surface area contributed by atoms with Gasteiger partial charge in [-0.25, -0.2) is 5.43 Å². The van der Waals surface area contributed by atoms with Crippen LogP contribution in [0, 0.1) is 0 Å². The van der Waals surface area contributed by atoms with E-state index in [2.05, 4.69) is 10.4 Å². The van der Waals surface area contributed by atoms with Gasteiger partial charge in [0.15, 0.2) is 0 Å². The van der Waals surface area contributed by atoms with Gasteiger partial charge in [0.25, 0.3) is 0 Å². The number of amides is 1. The Bertz CT molecular complexity index is 403. The summed E-state index contributed by atoms with van der Waals surface area (Å²) in [4.78, 5) is 14.9. The highest BCUT2D eigenvalue weighted by atomic mass is 19.4. The first-order valence-corrected chi connectivity index (χ1v) is 5.36. The van der Waals surface area contributed by atoms with E-state index in [0.717, 1.165) is 12.3 Å². The van der Waals surface area contributed by atoms with Gasteiger partial charge in [-0.15, -0.1) is 0 Å². The molecule has 18 heavy (non-hydrogen) atoms. The molecule has 0 aromatic carbocycles. The van der Waals surface area contributed by atoms with Crippen molar-refractivity contribution in [1.29, 1.82) is 0 Å². The molecule has 4 nitrogen and oxygen atoms in total. The number of nitrogens with one attached hydrogen (secondary N) is 1. The average molecular weight is 261 g/mol. The summed E-state index contributed by atoms with van der Waals surface area (Å²) in [5, 5.41) is 1.29. The second kappa shape index (κ2) is 5.81. The maximum absolute atomic E-state index is 12.3. The minimum Gasteiger partial charge on any atom is -0.281 e. The van der Waals surface area contributed by atoms with Crippen molar-refractivity contribution in [3.8, 4) is 0 Å². The van der Waals surface area contributed by atoms with Crippen molar-refractivity contribution < 1.29 is 18.0 Å². The summed E-state index contributed by atoms with van der Waals surface area (Å²) in [5.74, 6) is -0.109. The maximum Gasteiger partial charge on any atom is 0.417 e. The van der Waals surface area contributed by atoms with Crippen molar-refractivity contribution in [1.82, 2.24) is 15.4 Å². The predicted octanol–water partition coefficient (Wildman–Crippen LogP) is 1.97. The highest BCUT2D eigenvalue weighted by Crippen LogP contribution is 2.28. The summed E-state index contributed by atoms with van der Waals surface area (Å²) >= 11 is 0. The topological polar surface area (TPSA) is 45.2 Å². The third-order valence-corrected chi connectivity index (χ3v) is 2.33. The number of carbonyl (C=O) groups is 1. The van der Waals surface area contributed by atoms with Gasteiger partial charge in [-0.2, -0.15) is 13.2 Å². The van der Waals surface area contributed by atoms with Crippen LogP contribution in [0.1, 0.15) is 24.6 Å². The van der Waals surface area contributed by atoms with E-state index in [1.807, 2.05) is 0 Å². The first kappa shape index (κ1) is 14.4. The van der Waals surface area contributed by atoms with Crippen LogP contribution < -0.4 is 5.43 Å². The monoisotopic (exact) mass is 261 g/mol. The minimum absolute atomic E-state index is 0.109. The molecule has 1 aromatic heterocycles. The molecule has 0 aliphatic heterocycles. The van der Waals surface area contributed by atoms with E-state index >= 15 is 0 Å². The first-order valence-electron chi connectivity index (χ1n) is 5.36. The molecule has 0 aliphatic carbocycles. The molecule has 0 aliphatic rings. The Hall–Kier alpha value is -1.63. The average Bonchev–Trinajstić information content (AvgIpc) is 2.34. The van der Waals surface area contributed by atoms with Gasteiger partial charge in [-0.05, 0) is 12.1 Å². The van der Waals surface area contributed by atoms with Crippen LogP contribution in [0.2, 0.25) is 0 Å². The van der Waals surface area contributed by atoms with Crippen molar-refractivity contribution >= 4 is 5.91 Å². The van der Waals surface area contributed by atoms with Gasteiger partial charge in [-0.1, -0.05) is 6.92 Å². The Morgan fingerprint density at radius 2 is 2.11 bits per heavy atom. The Labute approximate surface area is 103 Å². The van der Waals surface area contributed by atoms with E-state index in [-0.39, 0.29) is 12.5 Å². The van der Waals surface area contributed by atoms with Crippen LogP contribution in [-0.2, 0) is 17.5 Å². The maximum atomic E-state index is 12.3. The first-order chi connectivity index (χ1) is 8.34. The number of rotatable bonds is 4. The van der Waals surface area contributed by atoms with Gasteiger partial charge in [0.05, 0.1) is 17.8 Å². The van der Waals surface area contributed by atoms with Crippen LogP contribution in [0.5, 0.6) is 0 Å². The molecule has 0 saturated carbocycles. The molecule has 0 spiro atoms. The zero-order valence-electron chi connectivity index (χ0n) is 10.1. The summed E-state index contributed by atoms with van der Waals surface area (Å²) in [7, 11) is 1.55. The fourth-order valence-corrected chi connectivity index (χ4v) is 1.22. The second-order valence-corrected chi connectivity index (χ2v) is 3.68. The molecule has 1 N–H and O–H groups in total. The molecule has 0 unspecified atom stereocenters. The van der Waals surface area contributed by atoms with Crippen LogP contribution in [0.4, 0.5) is 13.2 Å². The lowest BCUT2D eigenvalue weighted by atomic mass is 10.2. The molecule has 100 valence electrons. The molecule has 1 heterocycles. The van der Waals surface area contributed by atoms with Crippen molar-refractivity contribution in [2.24, 2.45) is 0 Å². The quantitative estimate of drug-likeness (QED) is 0.843. The largest absolute Gasteiger partial charge is 0.417 e. The fourth-order valence-electron chi connectivity index (χ4n) is 1.22. The van der Waals surface area contributed by atoms with Crippen LogP contribution in [-0.4, -0.2) is 22.9 Å². The molecular formula is C11H14F3N3O. The van der Waals surface area contributed by atoms with Gasteiger partial charge in [0, 0.05) is 19.7 Å². The normalized spacial score (nSPS) is 11.4. The molecule has 0 saturated heterocycles. The van der Waals surface area contributed by atoms with Crippen LogP contribution in [0.3, 0.4) is 0 Å². The smallest absolute Gasteiger partial charge is 0.281 e. The van der Waals surface area contributed by atoms with E-state index in [1.54, 1.807) is 14.0 Å². The van der Waals surface area contributed by atoms with Gasteiger partial charge in [0.1, 0.15) is 0 Å². The van der Waals surface area contributed by atoms with Crippen LogP contribution in [0.15, 0.2) is 18.3 Å². The number of halogens is 3. The highest BCUT2D eigenvalue weighted by Gasteiger charge is 2.30. The van der Waals surface area contributed by atoms with Gasteiger partial charge in [0.2, 0.25) is 5.91 Å². The summed E-state index contributed by atoms with van der Waals surface area (Å²) in [5.41, 5.74) is 2.39. The molecule has 0 radical (unpaired) electrons. The fraction of sp³-hybridized carbons (Fsp3) is 0.455. The van der Waals surface area contributed by atoms with Crippen LogP contribution >= 0.6 is 0 Å². The predicted molar refractivity (Wildman–Crippen MR) is 59.1 cm³/mol. The van der Waals surface area contributed by atoms with Crippen molar-refractivity contribution in [3.05, 3.63) is 29.6 Å². The lowest BCUT2D eigenvalue weighted by molar-refractivity contribution is -0.137. The number of nitrogens with zero attached hydrogens (tertiary/aromatic N) is 2. The van der Waals surface area contributed by atoms with Crippen molar-refractivity contribution in [3.63, 3.8) is 0 Å². The Morgan fingerprint density at radius 1 is 1.44 bits per heavy atom. The second-order valence-electron chi connectivity index (χ2n) is 3.68. The summed E-state index contributed by atoms with van der Waals surface area (Å²) < 4.78 is 36.8. The van der Waals surface area contributed by atoms with Crippen molar-refractivity contribution in [2.75, 3.05) is 7.05 Å². The van der Waals surface area contributed by atoms with E-state index < -0.39 is 11.7 Å². The molecule has 1 rings (SSSR count). The highest BCUT2D eigenvalue weighted by molar-refractivity contribution is 5.74. The summed E-state index contributed by atoms with van der Waals surface area (Å²) in [6, 6.07) is 2.24. The molecule has 1 amide bonds. The number of aromatic nitrogens is 1. The number of pyridine rings is 1.